The Morgan fingerprint density at radius 3 is 1.23 bits per heavy atom. The van der Waals surface area contributed by atoms with Crippen LogP contribution < -0.4 is 0 Å². The van der Waals surface area contributed by atoms with Gasteiger partial charge in [0.15, 0.2) is 0 Å². The highest BCUT2D eigenvalue weighted by Crippen LogP contribution is 2.12. The van der Waals surface area contributed by atoms with Gasteiger partial charge in [-0.1, -0.05) is 0 Å². The van der Waals surface area contributed by atoms with Gasteiger partial charge in [0.1, 0.15) is 23.3 Å². The molecule has 2 aromatic carbocycles. The summed E-state index contributed by atoms with van der Waals surface area (Å²) in [5.74, 6) is -3.00. The van der Waals surface area contributed by atoms with Gasteiger partial charge in [0.25, 0.3) is 10.5 Å². The molecule has 0 fully saturated rings. The summed E-state index contributed by atoms with van der Waals surface area (Å²) in [6, 6.07) is 5.04. The van der Waals surface area contributed by atoms with E-state index in [0.717, 1.165) is 36.4 Å². The maximum absolute atomic E-state index is 12.5. The van der Waals surface area contributed by atoms with Crippen LogP contribution in [0.15, 0.2) is 36.4 Å². The molecule has 8 heteroatoms. The minimum Gasteiger partial charge on any atom is -0.275 e. The highest BCUT2D eigenvalue weighted by molar-refractivity contribution is 6.68. The van der Waals surface area contributed by atoms with E-state index in [1.54, 1.807) is 0 Å². The summed E-state index contributed by atoms with van der Waals surface area (Å²) in [7, 11) is 0. The summed E-state index contributed by atoms with van der Waals surface area (Å²) in [5.41, 5.74) is -0.877. The molecule has 0 bridgehead atoms. The molecule has 0 amide bonds. The number of carbonyl (C=O) groups is 2. The summed E-state index contributed by atoms with van der Waals surface area (Å²) in [6.07, 6.45) is 0. The van der Waals surface area contributed by atoms with Crippen LogP contribution in [0, 0.1) is 23.3 Å². The Labute approximate surface area is 132 Å². The van der Waals surface area contributed by atoms with Crippen LogP contribution >= 0.6 is 23.2 Å². The van der Waals surface area contributed by atoms with Crippen LogP contribution in [-0.4, -0.2) is 10.5 Å². The first-order chi connectivity index (χ1) is 10.2. The van der Waals surface area contributed by atoms with Crippen molar-refractivity contribution in [2.45, 2.75) is 0 Å². The number of halogens is 6. The average Bonchev–Trinajstić information content (AvgIpc) is 2.44. The van der Waals surface area contributed by atoms with Crippen LogP contribution in [0.3, 0.4) is 0 Å². The first kappa shape index (κ1) is 18.1. The quantitative estimate of drug-likeness (QED) is 0.580. The first-order valence-corrected chi connectivity index (χ1v) is 6.27. The lowest BCUT2D eigenvalue weighted by atomic mass is 10.2. The summed E-state index contributed by atoms with van der Waals surface area (Å²) in [6.45, 7) is 0. The molecule has 0 unspecified atom stereocenters. The van der Waals surface area contributed by atoms with Crippen LogP contribution in [0.5, 0.6) is 0 Å². The Morgan fingerprint density at radius 2 is 1.00 bits per heavy atom. The van der Waals surface area contributed by atoms with E-state index < -0.39 is 44.9 Å². The van der Waals surface area contributed by atoms with E-state index in [4.69, 9.17) is 23.2 Å². The summed E-state index contributed by atoms with van der Waals surface area (Å²) < 4.78 is 49.8. The van der Waals surface area contributed by atoms with Crippen LogP contribution in [-0.2, 0) is 0 Å². The fourth-order valence-corrected chi connectivity index (χ4v) is 1.59. The van der Waals surface area contributed by atoms with E-state index in [1.807, 2.05) is 0 Å². The average molecular weight is 353 g/mol. The van der Waals surface area contributed by atoms with Crippen molar-refractivity contribution in [3.63, 3.8) is 0 Å². The first-order valence-electron chi connectivity index (χ1n) is 5.52. The molecule has 0 heterocycles. The van der Waals surface area contributed by atoms with E-state index in [1.165, 1.54) is 0 Å². The van der Waals surface area contributed by atoms with E-state index in [9.17, 15) is 27.2 Å². The largest absolute Gasteiger partial charge is 0.275 e. The Bertz CT molecular complexity index is 658. The normalized spacial score (nSPS) is 9.73. The molecule has 0 saturated heterocycles. The summed E-state index contributed by atoms with van der Waals surface area (Å²) in [5, 5.41) is -2.00. The molecule has 0 aliphatic heterocycles. The van der Waals surface area contributed by atoms with Gasteiger partial charge in [-0.15, -0.1) is 0 Å². The molecule has 116 valence electrons. The molecule has 2 aromatic rings. The molecule has 22 heavy (non-hydrogen) atoms. The zero-order chi connectivity index (χ0) is 16.9. The van der Waals surface area contributed by atoms with Crippen molar-refractivity contribution in [2.75, 3.05) is 0 Å². The minimum atomic E-state index is -0.998. The van der Waals surface area contributed by atoms with Crippen molar-refractivity contribution in [1.29, 1.82) is 0 Å². The Kier molecular flexibility index (Phi) is 6.52. The van der Waals surface area contributed by atoms with E-state index in [0.29, 0.717) is 0 Å². The van der Waals surface area contributed by atoms with Gasteiger partial charge in [-0.2, -0.15) is 0 Å². The third-order valence-electron chi connectivity index (χ3n) is 2.28. The van der Waals surface area contributed by atoms with Gasteiger partial charge in [0, 0.05) is 0 Å². The van der Waals surface area contributed by atoms with Crippen molar-refractivity contribution < 1.29 is 27.2 Å². The number of benzene rings is 2. The van der Waals surface area contributed by atoms with Gasteiger partial charge >= 0.3 is 0 Å². The second-order valence-corrected chi connectivity index (χ2v) is 4.48. The van der Waals surface area contributed by atoms with Crippen molar-refractivity contribution in [3.05, 3.63) is 70.8 Å². The minimum absolute atomic E-state index is 0.438. The topological polar surface area (TPSA) is 34.1 Å². The number of rotatable bonds is 2. The van der Waals surface area contributed by atoms with Gasteiger partial charge in [0.2, 0.25) is 0 Å². The van der Waals surface area contributed by atoms with Gasteiger partial charge in [-0.05, 0) is 59.6 Å². The molecule has 0 N–H and O–H groups in total. The van der Waals surface area contributed by atoms with Crippen molar-refractivity contribution in [1.82, 2.24) is 0 Å². The fourth-order valence-electron chi connectivity index (χ4n) is 1.30. The van der Waals surface area contributed by atoms with Crippen LogP contribution in [0.4, 0.5) is 17.6 Å². The van der Waals surface area contributed by atoms with Crippen LogP contribution in [0.1, 0.15) is 20.7 Å². The summed E-state index contributed by atoms with van der Waals surface area (Å²) in [4.78, 5) is 20.8. The standard InChI is InChI=1S/2C7H3ClF2O/c2*8-7(11)5-3-4(9)1-2-6(5)10/h2*1-3H. The molecular formula is C14H6Cl2F4O2. The Balaban J connectivity index is 0.000000220. The molecule has 0 atom stereocenters. The van der Waals surface area contributed by atoms with Crippen molar-refractivity contribution in [2.24, 2.45) is 0 Å². The van der Waals surface area contributed by atoms with Gasteiger partial charge in [0.05, 0.1) is 11.1 Å². The Morgan fingerprint density at radius 1 is 0.682 bits per heavy atom. The molecule has 0 radical (unpaired) electrons. The molecule has 0 saturated carbocycles. The lowest BCUT2D eigenvalue weighted by molar-refractivity contribution is 0.106. The van der Waals surface area contributed by atoms with Gasteiger partial charge < -0.3 is 0 Å². The molecular weight excluding hydrogens is 347 g/mol. The predicted molar refractivity (Wildman–Crippen MR) is 73.1 cm³/mol. The van der Waals surface area contributed by atoms with Crippen molar-refractivity contribution in [3.8, 4) is 0 Å². The van der Waals surface area contributed by atoms with E-state index in [2.05, 4.69) is 0 Å². The molecule has 0 aromatic heterocycles. The molecule has 0 spiro atoms. The number of hydrogen-bond acceptors (Lipinski definition) is 2. The lowest BCUT2D eigenvalue weighted by Crippen LogP contribution is -1.94. The monoisotopic (exact) mass is 352 g/mol. The fraction of sp³-hybridized carbons (Fsp3) is 0. The maximum atomic E-state index is 12.5. The second-order valence-electron chi connectivity index (χ2n) is 3.80. The number of carbonyl (C=O) groups excluding carboxylic acids is 2. The van der Waals surface area contributed by atoms with E-state index in [-0.39, 0.29) is 0 Å². The summed E-state index contributed by atoms with van der Waals surface area (Å²) >= 11 is 9.87. The smallest absolute Gasteiger partial charge is 0.255 e. The maximum Gasteiger partial charge on any atom is 0.255 e. The SMILES string of the molecule is O=C(Cl)c1cc(F)ccc1F.O=C(Cl)c1cc(F)ccc1F. The predicted octanol–water partition coefficient (Wildman–Crippen LogP) is 4.69. The molecule has 2 nitrogen and oxygen atoms in total. The Hall–Kier alpha value is -1.92. The van der Waals surface area contributed by atoms with E-state index >= 15 is 0 Å². The van der Waals surface area contributed by atoms with Crippen LogP contribution in [0.2, 0.25) is 0 Å². The third kappa shape index (κ3) is 5.13. The van der Waals surface area contributed by atoms with Crippen LogP contribution in [0.25, 0.3) is 0 Å². The third-order valence-corrected chi connectivity index (χ3v) is 2.69. The highest BCUT2D eigenvalue weighted by atomic mass is 35.5. The van der Waals surface area contributed by atoms with Crippen molar-refractivity contribution >= 4 is 33.7 Å². The van der Waals surface area contributed by atoms with Gasteiger partial charge in [-0.3, -0.25) is 9.59 Å². The van der Waals surface area contributed by atoms with Gasteiger partial charge in [-0.25, -0.2) is 17.6 Å². The molecule has 2 rings (SSSR count). The molecule has 0 aliphatic carbocycles. The second kappa shape index (κ2) is 7.91. The lowest BCUT2D eigenvalue weighted by Gasteiger charge is -1.94. The molecule has 0 aliphatic rings. The zero-order valence-corrected chi connectivity index (χ0v) is 12.1. The number of hydrogen-bond donors (Lipinski definition) is 0. The zero-order valence-electron chi connectivity index (χ0n) is 10.5. The highest BCUT2D eigenvalue weighted by Gasteiger charge is 2.09.